The Labute approximate surface area is 148 Å². The Kier molecular flexibility index (Phi) is 7.29. The fraction of sp³-hybridized carbons (Fsp3) is 0.350. The summed E-state index contributed by atoms with van der Waals surface area (Å²) in [5.41, 5.74) is 2.89. The van der Waals surface area contributed by atoms with Gasteiger partial charge in [0.2, 0.25) is 0 Å². The number of methoxy groups -OCH3 is 1. The van der Waals surface area contributed by atoms with E-state index in [9.17, 15) is 4.79 Å². The zero-order chi connectivity index (χ0) is 18.1. The highest BCUT2D eigenvalue weighted by molar-refractivity contribution is 5.76. The van der Waals surface area contributed by atoms with Gasteiger partial charge in [-0.2, -0.15) is 0 Å². The van der Waals surface area contributed by atoms with E-state index in [0.29, 0.717) is 30.3 Å². The summed E-state index contributed by atoms with van der Waals surface area (Å²) in [4.78, 5) is 10.9. The molecule has 0 heterocycles. The van der Waals surface area contributed by atoms with Crippen molar-refractivity contribution >= 4 is 6.29 Å². The predicted molar refractivity (Wildman–Crippen MR) is 95.9 cm³/mol. The van der Waals surface area contributed by atoms with E-state index in [2.05, 4.69) is 6.07 Å². The van der Waals surface area contributed by atoms with Gasteiger partial charge >= 0.3 is 0 Å². The van der Waals surface area contributed by atoms with Crippen molar-refractivity contribution in [2.75, 3.05) is 27.1 Å². The topological polar surface area (TPSA) is 54.0 Å². The summed E-state index contributed by atoms with van der Waals surface area (Å²) in [5.74, 6) is 1.94. The molecule has 0 radical (unpaired) electrons. The van der Waals surface area contributed by atoms with Crippen LogP contribution in [-0.2, 0) is 4.74 Å². The molecule has 0 saturated carbocycles. The van der Waals surface area contributed by atoms with E-state index in [0.717, 1.165) is 18.5 Å². The van der Waals surface area contributed by atoms with Crippen LogP contribution >= 0.6 is 0 Å². The average Bonchev–Trinajstić information content (AvgIpc) is 2.59. The Morgan fingerprint density at radius 1 is 0.880 bits per heavy atom. The van der Waals surface area contributed by atoms with E-state index < -0.39 is 0 Å². The minimum atomic E-state index is 0.0918. The molecule has 0 unspecified atom stereocenters. The van der Waals surface area contributed by atoms with Gasteiger partial charge in [-0.05, 0) is 55.3 Å². The first-order valence-corrected chi connectivity index (χ1v) is 8.17. The molecular formula is C20H24O5. The predicted octanol–water partition coefficient (Wildman–Crippen LogP) is 3.95. The summed E-state index contributed by atoms with van der Waals surface area (Å²) >= 11 is 0. The average molecular weight is 344 g/mol. The van der Waals surface area contributed by atoms with Crippen LogP contribution in [0.2, 0.25) is 0 Å². The molecule has 0 N–H and O–H groups in total. The maximum atomic E-state index is 10.9. The lowest BCUT2D eigenvalue weighted by Gasteiger charge is -2.13. The summed E-state index contributed by atoms with van der Waals surface area (Å²) in [6, 6.07) is 11.2. The van der Waals surface area contributed by atoms with Gasteiger partial charge in [0.15, 0.2) is 18.3 Å². The van der Waals surface area contributed by atoms with Gasteiger partial charge < -0.3 is 18.9 Å². The highest BCUT2D eigenvalue weighted by atomic mass is 16.7. The number of hydrogen-bond acceptors (Lipinski definition) is 5. The molecule has 2 aromatic rings. The molecule has 0 aliphatic carbocycles. The molecule has 0 saturated heterocycles. The van der Waals surface area contributed by atoms with Crippen molar-refractivity contribution in [3.05, 3.63) is 53.1 Å². The van der Waals surface area contributed by atoms with Crippen molar-refractivity contribution in [3.63, 3.8) is 0 Å². The number of benzene rings is 2. The highest BCUT2D eigenvalue weighted by Crippen LogP contribution is 2.28. The molecule has 0 bridgehead atoms. The van der Waals surface area contributed by atoms with E-state index >= 15 is 0 Å². The van der Waals surface area contributed by atoms with Crippen LogP contribution in [0.1, 0.15) is 27.9 Å². The molecule has 25 heavy (non-hydrogen) atoms. The number of ether oxygens (including phenoxy) is 4. The first-order valence-electron chi connectivity index (χ1n) is 8.17. The first-order chi connectivity index (χ1) is 12.1. The first kappa shape index (κ1) is 18.8. The van der Waals surface area contributed by atoms with Gasteiger partial charge in [-0.15, -0.1) is 0 Å². The van der Waals surface area contributed by atoms with E-state index in [4.69, 9.17) is 18.9 Å². The SMILES string of the molecule is COCOc1cc(C=O)ccc1OCCCOc1cc(C)cc(C)c1. The Hall–Kier alpha value is -2.53. The number of carbonyl (C=O) groups is 1. The number of carbonyl (C=O) groups excluding carboxylic acids is 1. The van der Waals surface area contributed by atoms with E-state index in [-0.39, 0.29) is 6.79 Å². The van der Waals surface area contributed by atoms with Gasteiger partial charge in [-0.25, -0.2) is 0 Å². The molecule has 5 heteroatoms. The second kappa shape index (κ2) is 9.69. The largest absolute Gasteiger partial charge is 0.493 e. The molecule has 0 amide bonds. The van der Waals surface area contributed by atoms with Crippen molar-refractivity contribution < 1.29 is 23.7 Å². The molecule has 0 spiro atoms. The standard InChI is InChI=1S/C20H24O5/c1-15-9-16(2)11-18(10-15)23-7-4-8-24-19-6-5-17(13-21)12-20(19)25-14-22-3/h5-6,9-13H,4,7-8,14H2,1-3H3. The molecule has 0 aliphatic heterocycles. The molecule has 0 aromatic heterocycles. The molecule has 0 fully saturated rings. The molecule has 0 aliphatic rings. The Morgan fingerprint density at radius 2 is 1.60 bits per heavy atom. The number of rotatable bonds is 10. The zero-order valence-electron chi connectivity index (χ0n) is 14.9. The van der Waals surface area contributed by atoms with E-state index in [1.807, 2.05) is 26.0 Å². The lowest BCUT2D eigenvalue weighted by Crippen LogP contribution is -2.07. The van der Waals surface area contributed by atoms with Gasteiger partial charge in [0, 0.05) is 19.1 Å². The Bertz CT molecular complexity index is 676. The number of aldehydes is 1. The molecule has 2 aromatic carbocycles. The summed E-state index contributed by atoms with van der Waals surface area (Å²) in [5, 5.41) is 0. The van der Waals surface area contributed by atoms with Crippen molar-refractivity contribution in [2.24, 2.45) is 0 Å². The van der Waals surface area contributed by atoms with E-state index in [1.165, 1.54) is 18.2 Å². The lowest BCUT2D eigenvalue weighted by molar-refractivity contribution is 0.0484. The maximum Gasteiger partial charge on any atom is 0.188 e. The quantitative estimate of drug-likeness (QED) is 0.371. The molecule has 2 rings (SSSR count). The van der Waals surface area contributed by atoms with Crippen LogP contribution < -0.4 is 14.2 Å². The normalized spacial score (nSPS) is 10.4. The van der Waals surface area contributed by atoms with Crippen LogP contribution in [-0.4, -0.2) is 33.4 Å². The third kappa shape index (κ3) is 6.12. The smallest absolute Gasteiger partial charge is 0.188 e. The molecular weight excluding hydrogens is 320 g/mol. The Balaban J connectivity index is 1.83. The summed E-state index contributed by atoms with van der Waals surface area (Å²) in [6.07, 6.45) is 1.49. The summed E-state index contributed by atoms with van der Waals surface area (Å²) in [7, 11) is 1.54. The second-order valence-electron chi connectivity index (χ2n) is 5.75. The second-order valence-corrected chi connectivity index (χ2v) is 5.75. The van der Waals surface area contributed by atoms with Crippen molar-refractivity contribution in [1.82, 2.24) is 0 Å². The maximum absolute atomic E-state index is 10.9. The zero-order valence-corrected chi connectivity index (χ0v) is 14.9. The number of aryl methyl sites for hydroxylation is 2. The van der Waals surface area contributed by atoms with Crippen LogP contribution in [0.4, 0.5) is 0 Å². The molecule has 0 atom stereocenters. The van der Waals surface area contributed by atoms with Gasteiger partial charge in [-0.3, -0.25) is 4.79 Å². The van der Waals surface area contributed by atoms with Gasteiger partial charge in [-0.1, -0.05) is 6.07 Å². The van der Waals surface area contributed by atoms with E-state index in [1.54, 1.807) is 18.2 Å². The van der Waals surface area contributed by atoms with Crippen molar-refractivity contribution in [1.29, 1.82) is 0 Å². The van der Waals surface area contributed by atoms with Crippen molar-refractivity contribution in [2.45, 2.75) is 20.3 Å². The lowest BCUT2D eigenvalue weighted by atomic mass is 10.1. The van der Waals surface area contributed by atoms with Gasteiger partial charge in [0.1, 0.15) is 12.0 Å². The van der Waals surface area contributed by atoms with Gasteiger partial charge in [0.05, 0.1) is 13.2 Å². The third-order valence-electron chi connectivity index (χ3n) is 3.45. The van der Waals surface area contributed by atoms with Crippen molar-refractivity contribution in [3.8, 4) is 17.2 Å². The highest BCUT2D eigenvalue weighted by Gasteiger charge is 2.07. The monoisotopic (exact) mass is 344 g/mol. The Morgan fingerprint density at radius 3 is 2.28 bits per heavy atom. The number of hydrogen-bond donors (Lipinski definition) is 0. The van der Waals surface area contributed by atoms with Crippen LogP contribution in [0, 0.1) is 13.8 Å². The fourth-order valence-electron chi connectivity index (χ4n) is 2.40. The summed E-state index contributed by atoms with van der Waals surface area (Å²) < 4.78 is 21.8. The molecule has 134 valence electrons. The van der Waals surface area contributed by atoms with Crippen LogP contribution in [0.5, 0.6) is 17.2 Å². The minimum Gasteiger partial charge on any atom is -0.493 e. The van der Waals surface area contributed by atoms with Crippen LogP contribution in [0.3, 0.4) is 0 Å². The van der Waals surface area contributed by atoms with Gasteiger partial charge in [0.25, 0.3) is 0 Å². The fourth-order valence-corrected chi connectivity index (χ4v) is 2.40. The molecule has 5 nitrogen and oxygen atoms in total. The van der Waals surface area contributed by atoms with Crippen LogP contribution in [0.25, 0.3) is 0 Å². The third-order valence-corrected chi connectivity index (χ3v) is 3.45. The minimum absolute atomic E-state index is 0.0918. The van der Waals surface area contributed by atoms with Crippen LogP contribution in [0.15, 0.2) is 36.4 Å². The summed E-state index contributed by atoms with van der Waals surface area (Å²) in [6.45, 7) is 5.23.